The molecule has 0 N–H and O–H groups in total. The zero-order chi connectivity index (χ0) is 10.4. The highest BCUT2D eigenvalue weighted by molar-refractivity contribution is 5.64. The summed E-state index contributed by atoms with van der Waals surface area (Å²) in [6.45, 7) is 4.25. The molecular formula is C13H16O. The van der Waals surface area contributed by atoms with Gasteiger partial charge in [-0.3, -0.25) is 4.79 Å². The second-order valence-electron chi connectivity index (χ2n) is 4.15. The van der Waals surface area contributed by atoms with E-state index in [1.165, 1.54) is 5.56 Å². The van der Waals surface area contributed by atoms with Crippen LogP contribution in [0.25, 0.3) is 0 Å². The Hall–Kier alpha value is -1.37. The van der Waals surface area contributed by atoms with E-state index in [1.54, 1.807) is 6.08 Å². The van der Waals surface area contributed by atoms with Gasteiger partial charge in [0.1, 0.15) is 6.29 Å². The highest BCUT2D eigenvalue weighted by Crippen LogP contribution is 2.22. The topological polar surface area (TPSA) is 17.1 Å². The lowest BCUT2D eigenvalue weighted by atomic mass is 9.85. The molecule has 0 fully saturated rings. The van der Waals surface area contributed by atoms with Crippen LogP contribution in [0, 0.1) is 5.41 Å². The Morgan fingerprint density at radius 1 is 1.21 bits per heavy atom. The molecular weight excluding hydrogens is 172 g/mol. The molecule has 1 aromatic carbocycles. The van der Waals surface area contributed by atoms with E-state index in [1.807, 2.05) is 24.3 Å². The van der Waals surface area contributed by atoms with Crippen molar-refractivity contribution in [2.45, 2.75) is 20.3 Å². The number of hydrogen-bond acceptors (Lipinski definition) is 1. The van der Waals surface area contributed by atoms with Gasteiger partial charge >= 0.3 is 0 Å². The average Bonchev–Trinajstić information content (AvgIpc) is 2.16. The Balaban J connectivity index is 2.68. The molecule has 1 nitrogen and oxygen atoms in total. The van der Waals surface area contributed by atoms with Crippen LogP contribution in [-0.2, 0) is 11.2 Å². The van der Waals surface area contributed by atoms with Crippen LogP contribution < -0.4 is 0 Å². The highest BCUT2D eigenvalue weighted by Gasteiger charge is 2.13. The summed E-state index contributed by atoms with van der Waals surface area (Å²) in [6, 6.07) is 10.3. The molecule has 1 aromatic rings. The monoisotopic (exact) mass is 188 g/mol. The number of hydrogen-bond donors (Lipinski definition) is 0. The maximum atomic E-state index is 10.2. The van der Waals surface area contributed by atoms with E-state index in [9.17, 15) is 4.79 Å². The fourth-order valence-electron chi connectivity index (χ4n) is 1.48. The van der Waals surface area contributed by atoms with Gasteiger partial charge in [-0.15, -0.1) is 0 Å². The van der Waals surface area contributed by atoms with Crippen molar-refractivity contribution in [3.63, 3.8) is 0 Å². The van der Waals surface area contributed by atoms with Gasteiger partial charge in [0.25, 0.3) is 0 Å². The molecule has 0 aliphatic carbocycles. The third kappa shape index (κ3) is 3.56. The van der Waals surface area contributed by atoms with Crippen LogP contribution in [-0.4, -0.2) is 6.29 Å². The van der Waals surface area contributed by atoms with Crippen LogP contribution in [0.5, 0.6) is 0 Å². The summed E-state index contributed by atoms with van der Waals surface area (Å²) in [7, 11) is 0. The largest absolute Gasteiger partial charge is 0.299 e. The first-order chi connectivity index (χ1) is 6.64. The molecule has 0 spiro atoms. The van der Waals surface area contributed by atoms with Crippen molar-refractivity contribution >= 4 is 6.29 Å². The van der Waals surface area contributed by atoms with E-state index in [4.69, 9.17) is 0 Å². The van der Waals surface area contributed by atoms with Crippen molar-refractivity contribution in [2.75, 3.05) is 0 Å². The lowest BCUT2D eigenvalue weighted by Crippen LogP contribution is -2.11. The molecule has 14 heavy (non-hydrogen) atoms. The van der Waals surface area contributed by atoms with Crippen molar-refractivity contribution in [2.24, 2.45) is 5.41 Å². The minimum absolute atomic E-state index is 0.0439. The van der Waals surface area contributed by atoms with Crippen LogP contribution in [0.4, 0.5) is 0 Å². The average molecular weight is 188 g/mol. The number of rotatable bonds is 4. The van der Waals surface area contributed by atoms with Crippen LogP contribution >= 0.6 is 0 Å². The molecule has 0 heterocycles. The van der Waals surface area contributed by atoms with E-state index in [-0.39, 0.29) is 5.41 Å². The van der Waals surface area contributed by atoms with Gasteiger partial charge < -0.3 is 0 Å². The van der Waals surface area contributed by atoms with Crippen molar-refractivity contribution < 1.29 is 4.79 Å². The third-order valence-electron chi connectivity index (χ3n) is 2.13. The lowest BCUT2D eigenvalue weighted by Gasteiger charge is -2.19. The van der Waals surface area contributed by atoms with Crippen LogP contribution in [0.1, 0.15) is 19.4 Å². The summed E-state index contributed by atoms with van der Waals surface area (Å²) in [6.07, 6.45) is 5.31. The first kappa shape index (κ1) is 10.7. The molecule has 0 saturated heterocycles. The maximum Gasteiger partial charge on any atom is 0.142 e. The van der Waals surface area contributed by atoms with Gasteiger partial charge in [-0.05, 0) is 23.5 Å². The van der Waals surface area contributed by atoms with Crippen molar-refractivity contribution in [1.29, 1.82) is 0 Å². The van der Waals surface area contributed by atoms with E-state index in [2.05, 4.69) is 26.0 Å². The summed E-state index contributed by atoms with van der Waals surface area (Å²) in [4.78, 5) is 10.2. The SMILES string of the molecule is CC(C)(/C=C/C=O)Cc1ccccc1. The zero-order valence-corrected chi connectivity index (χ0v) is 8.73. The Labute approximate surface area is 85.5 Å². The minimum Gasteiger partial charge on any atom is -0.299 e. The van der Waals surface area contributed by atoms with Crippen molar-refractivity contribution in [1.82, 2.24) is 0 Å². The molecule has 0 amide bonds. The van der Waals surface area contributed by atoms with Gasteiger partial charge in [-0.25, -0.2) is 0 Å². The Morgan fingerprint density at radius 3 is 2.43 bits per heavy atom. The Kier molecular flexibility index (Phi) is 3.63. The summed E-state index contributed by atoms with van der Waals surface area (Å²) in [5.41, 5.74) is 1.34. The minimum atomic E-state index is 0.0439. The summed E-state index contributed by atoms with van der Waals surface area (Å²) < 4.78 is 0. The predicted octanol–water partition coefficient (Wildman–Crippen LogP) is 3.01. The molecule has 74 valence electrons. The molecule has 0 atom stereocenters. The zero-order valence-electron chi connectivity index (χ0n) is 8.73. The third-order valence-corrected chi connectivity index (χ3v) is 2.13. The lowest BCUT2D eigenvalue weighted by molar-refractivity contribution is -0.104. The Morgan fingerprint density at radius 2 is 1.86 bits per heavy atom. The summed E-state index contributed by atoms with van der Waals surface area (Å²) in [5, 5.41) is 0. The maximum absolute atomic E-state index is 10.2. The van der Waals surface area contributed by atoms with E-state index >= 15 is 0 Å². The van der Waals surface area contributed by atoms with Gasteiger partial charge in [-0.1, -0.05) is 50.3 Å². The van der Waals surface area contributed by atoms with Gasteiger partial charge in [0.2, 0.25) is 0 Å². The quantitative estimate of drug-likeness (QED) is 0.524. The normalized spacial score (nSPS) is 11.9. The Bertz CT molecular complexity index is 309. The predicted molar refractivity (Wildman–Crippen MR) is 59.1 cm³/mol. The molecule has 0 unspecified atom stereocenters. The van der Waals surface area contributed by atoms with Crippen LogP contribution in [0.15, 0.2) is 42.5 Å². The summed E-state index contributed by atoms with van der Waals surface area (Å²) >= 11 is 0. The molecule has 1 heteroatoms. The van der Waals surface area contributed by atoms with Crippen LogP contribution in [0.2, 0.25) is 0 Å². The highest BCUT2D eigenvalue weighted by atomic mass is 16.1. The molecule has 0 aromatic heterocycles. The molecule has 1 rings (SSSR count). The second-order valence-corrected chi connectivity index (χ2v) is 4.15. The standard InChI is InChI=1S/C13H16O/c1-13(2,9-6-10-14)11-12-7-4-3-5-8-12/h3-10H,11H2,1-2H3/b9-6+. The van der Waals surface area contributed by atoms with Gasteiger partial charge in [-0.2, -0.15) is 0 Å². The van der Waals surface area contributed by atoms with Gasteiger partial charge in [0.15, 0.2) is 0 Å². The molecule has 0 aliphatic rings. The number of allylic oxidation sites excluding steroid dienone is 2. The van der Waals surface area contributed by atoms with Crippen molar-refractivity contribution in [3.05, 3.63) is 48.0 Å². The van der Waals surface area contributed by atoms with Gasteiger partial charge in [0, 0.05) is 0 Å². The van der Waals surface area contributed by atoms with E-state index in [0.717, 1.165) is 12.7 Å². The van der Waals surface area contributed by atoms with Crippen molar-refractivity contribution in [3.8, 4) is 0 Å². The first-order valence-corrected chi connectivity index (χ1v) is 4.81. The van der Waals surface area contributed by atoms with E-state index < -0.39 is 0 Å². The van der Waals surface area contributed by atoms with E-state index in [0.29, 0.717) is 0 Å². The fraction of sp³-hybridized carbons (Fsp3) is 0.308. The first-order valence-electron chi connectivity index (χ1n) is 4.81. The molecule has 0 saturated carbocycles. The van der Waals surface area contributed by atoms with Crippen LogP contribution in [0.3, 0.4) is 0 Å². The number of carbonyl (C=O) groups excluding carboxylic acids is 1. The second kappa shape index (κ2) is 4.75. The van der Waals surface area contributed by atoms with Gasteiger partial charge in [0.05, 0.1) is 0 Å². The smallest absolute Gasteiger partial charge is 0.142 e. The number of aldehydes is 1. The summed E-state index contributed by atoms with van der Waals surface area (Å²) in [5.74, 6) is 0. The molecule has 0 bridgehead atoms. The molecule has 0 aliphatic heterocycles. The fourth-order valence-corrected chi connectivity index (χ4v) is 1.48. The molecule has 0 radical (unpaired) electrons. The number of carbonyl (C=O) groups is 1. The number of benzene rings is 1.